The van der Waals surface area contributed by atoms with Crippen molar-refractivity contribution in [2.45, 2.75) is 12.7 Å². The van der Waals surface area contributed by atoms with Gasteiger partial charge in [0.1, 0.15) is 18.0 Å². The molecule has 1 aliphatic rings. The summed E-state index contributed by atoms with van der Waals surface area (Å²) in [6.07, 6.45) is -2.10. The highest BCUT2D eigenvalue weighted by Gasteiger charge is 2.32. The molecule has 130 valence electrons. The number of hydrogen-bond donors (Lipinski definition) is 0. The highest BCUT2D eigenvalue weighted by atomic mass is 35.5. The lowest BCUT2D eigenvalue weighted by Crippen LogP contribution is -2.46. The topological polar surface area (TPSA) is 50.1 Å². The summed E-state index contributed by atoms with van der Waals surface area (Å²) in [5.41, 5.74) is -0.836. The third-order valence-electron chi connectivity index (χ3n) is 3.99. The summed E-state index contributed by atoms with van der Waals surface area (Å²) in [5, 5.41) is 4.05. The van der Waals surface area contributed by atoms with Gasteiger partial charge in [-0.2, -0.15) is 18.3 Å². The SMILES string of the molecule is Cn1ncnc1CN1CCN(c2ncc(C(F)(F)F)cc2Cl)CC1. The van der Waals surface area contributed by atoms with Gasteiger partial charge in [0.15, 0.2) is 0 Å². The highest BCUT2D eigenvalue weighted by molar-refractivity contribution is 6.33. The van der Waals surface area contributed by atoms with E-state index in [0.29, 0.717) is 25.5 Å². The number of piperazine rings is 1. The molecule has 6 nitrogen and oxygen atoms in total. The lowest BCUT2D eigenvalue weighted by Gasteiger charge is -2.35. The van der Waals surface area contributed by atoms with Crippen LogP contribution in [0.1, 0.15) is 11.4 Å². The molecule has 0 aromatic carbocycles. The Kier molecular flexibility index (Phi) is 4.64. The van der Waals surface area contributed by atoms with Crippen LogP contribution in [0.2, 0.25) is 5.02 Å². The van der Waals surface area contributed by atoms with Crippen LogP contribution in [-0.4, -0.2) is 50.8 Å². The van der Waals surface area contributed by atoms with Crippen molar-refractivity contribution in [2.24, 2.45) is 7.05 Å². The van der Waals surface area contributed by atoms with E-state index in [1.54, 1.807) is 4.68 Å². The number of aromatic nitrogens is 4. The first-order valence-electron chi connectivity index (χ1n) is 7.37. The molecule has 0 N–H and O–H groups in total. The number of rotatable bonds is 3. The van der Waals surface area contributed by atoms with Crippen molar-refractivity contribution < 1.29 is 13.2 Å². The molecule has 0 atom stereocenters. The van der Waals surface area contributed by atoms with E-state index >= 15 is 0 Å². The first kappa shape index (κ1) is 17.0. The second-order valence-electron chi connectivity index (χ2n) is 5.59. The number of halogens is 4. The van der Waals surface area contributed by atoms with Gasteiger partial charge in [0.05, 0.1) is 17.1 Å². The summed E-state index contributed by atoms with van der Waals surface area (Å²) in [6.45, 7) is 3.43. The molecule has 0 spiro atoms. The van der Waals surface area contributed by atoms with Crippen LogP contribution in [0, 0.1) is 0 Å². The van der Waals surface area contributed by atoms with Gasteiger partial charge in [0.2, 0.25) is 0 Å². The van der Waals surface area contributed by atoms with Gasteiger partial charge in [0.25, 0.3) is 0 Å². The van der Waals surface area contributed by atoms with Crippen molar-refractivity contribution in [1.29, 1.82) is 0 Å². The van der Waals surface area contributed by atoms with Crippen molar-refractivity contribution in [3.05, 3.63) is 35.0 Å². The summed E-state index contributed by atoms with van der Waals surface area (Å²) in [7, 11) is 1.84. The highest BCUT2D eigenvalue weighted by Crippen LogP contribution is 2.33. The van der Waals surface area contributed by atoms with E-state index in [9.17, 15) is 13.2 Å². The van der Waals surface area contributed by atoms with Crippen LogP contribution in [0.4, 0.5) is 19.0 Å². The van der Waals surface area contributed by atoms with Crippen molar-refractivity contribution >= 4 is 17.4 Å². The first-order valence-corrected chi connectivity index (χ1v) is 7.75. The van der Waals surface area contributed by atoms with E-state index in [0.717, 1.165) is 31.2 Å². The van der Waals surface area contributed by atoms with Crippen molar-refractivity contribution in [3.63, 3.8) is 0 Å². The summed E-state index contributed by atoms with van der Waals surface area (Å²) in [6, 6.07) is 0.926. The lowest BCUT2D eigenvalue weighted by atomic mass is 10.2. The summed E-state index contributed by atoms with van der Waals surface area (Å²) >= 11 is 6.00. The molecular weight excluding hydrogens is 345 g/mol. The minimum Gasteiger partial charge on any atom is -0.353 e. The van der Waals surface area contributed by atoms with Gasteiger partial charge in [-0.25, -0.2) is 9.97 Å². The van der Waals surface area contributed by atoms with Crippen LogP contribution in [-0.2, 0) is 19.8 Å². The summed E-state index contributed by atoms with van der Waals surface area (Å²) in [5.74, 6) is 1.26. The van der Waals surface area contributed by atoms with Crippen LogP contribution < -0.4 is 4.90 Å². The minimum absolute atomic E-state index is 0.0200. The maximum atomic E-state index is 12.7. The molecule has 0 saturated carbocycles. The molecule has 3 heterocycles. The Balaban J connectivity index is 1.63. The minimum atomic E-state index is -4.44. The van der Waals surface area contributed by atoms with Gasteiger partial charge >= 0.3 is 6.18 Å². The van der Waals surface area contributed by atoms with Gasteiger partial charge < -0.3 is 4.90 Å². The van der Waals surface area contributed by atoms with Crippen molar-refractivity contribution in [1.82, 2.24) is 24.6 Å². The normalized spacial score (nSPS) is 16.6. The predicted molar refractivity (Wildman–Crippen MR) is 82.7 cm³/mol. The molecule has 2 aromatic rings. The molecule has 10 heteroatoms. The zero-order valence-electron chi connectivity index (χ0n) is 13.0. The molecule has 0 aliphatic carbocycles. The Bertz CT molecular complexity index is 709. The van der Waals surface area contributed by atoms with Crippen LogP contribution in [0.15, 0.2) is 18.6 Å². The van der Waals surface area contributed by atoms with Crippen LogP contribution >= 0.6 is 11.6 Å². The zero-order valence-corrected chi connectivity index (χ0v) is 13.7. The van der Waals surface area contributed by atoms with Gasteiger partial charge in [-0.3, -0.25) is 9.58 Å². The van der Waals surface area contributed by atoms with Crippen LogP contribution in [0.25, 0.3) is 0 Å². The number of nitrogens with zero attached hydrogens (tertiary/aromatic N) is 6. The standard InChI is InChI=1S/C14H16ClF3N6/c1-22-12(20-9-21-22)8-23-2-4-24(5-3-23)13-11(15)6-10(7-19-13)14(16,17)18/h6-7,9H,2-5,8H2,1H3. The molecule has 1 fully saturated rings. The van der Waals surface area contributed by atoms with Gasteiger partial charge in [-0.05, 0) is 6.07 Å². The largest absolute Gasteiger partial charge is 0.417 e. The van der Waals surface area contributed by atoms with Crippen LogP contribution in [0.3, 0.4) is 0 Å². The van der Waals surface area contributed by atoms with E-state index in [2.05, 4.69) is 20.0 Å². The summed E-state index contributed by atoms with van der Waals surface area (Å²) < 4.78 is 39.7. The van der Waals surface area contributed by atoms with E-state index in [1.165, 1.54) is 6.33 Å². The van der Waals surface area contributed by atoms with Crippen molar-refractivity contribution in [3.8, 4) is 0 Å². The summed E-state index contributed by atoms with van der Waals surface area (Å²) in [4.78, 5) is 12.2. The fourth-order valence-corrected chi connectivity index (χ4v) is 2.89. The molecule has 0 amide bonds. The van der Waals surface area contributed by atoms with Gasteiger partial charge in [-0.1, -0.05) is 11.6 Å². The quantitative estimate of drug-likeness (QED) is 0.840. The Morgan fingerprint density at radius 3 is 2.42 bits per heavy atom. The number of alkyl halides is 3. The second-order valence-corrected chi connectivity index (χ2v) is 6.00. The first-order chi connectivity index (χ1) is 11.3. The fraction of sp³-hybridized carbons (Fsp3) is 0.500. The van der Waals surface area contributed by atoms with E-state index in [-0.39, 0.29) is 5.02 Å². The number of pyridine rings is 1. The zero-order chi connectivity index (χ0) is 17.3. The molecule has 1 saturated heterocycles. The number of aryl methyl sites for hydroxylation is 1. The third-order valence-corrected chi connectivity index (χ3v) is 4.27. The van der Waals surface area contributed by atoms with Crippen molar-refractivity contribution in [2.75, 3.05) is 31.1 Å². The molecular formula is C14H16ClF3N6. The lowest BCUT2D eigenvalue weighted by molar-refractivity contribution is -0.137. The van der Waals surface area contributed by atoms with Crippen LogP contribution in [0.5, 0.6) is 0 Å². The van der Waals surface area contributed by atoms with E-state index < -0.39 is 11.7 Å². The molecule has 0 radical (unpaired) electrons. The van der Waals surface area contributed by atoms with Gasteiger partial charge in [-0.15, -0.1) is 0 Å². The number of hydrogen-bond acceptors (Lipinski definition) is 5. The monoisotopic (exact) mass is 360 g/mol. The average molecular weight is 361 g/mol. The Labute approximate surface area is 141 Å². The second kappa shape index (κ2) is 6.56. The maximum Gasteiger partial charge on any atom is 0.417 e. The van der Waals surface area contributed by atoms with Gasteiger partial charge in [0, 0.05) is 39.4 Å². The average Bonchev–Trinajstić information content (AvgIpc) is 2.92. The maximum absolute atomic E-state index is 12.7. The number of anilines is 1. The fourth-order valence-electron chi connectivity index (χ4n) is 2.60. The van der Waals surface area contributed by atoms with E-state index in [1.807, 2.05) is 11.9 Å². The molecule has 3 rings (SSSR count). The Hall–Kier alpha value is -1.87. The molecule has 1 aliphatic heterocycles. The van der Waals surface area contributed by atoms with E-state index in [4.69, 9.17) is 11.6 Å². The Morgan fingerprint density at radius 2 is 1.88 bits per heavy atom. The Morgan fingerprint density at radius 1 is 1.17 bits per heavy atom. The molecule has 0 bridgehead atoms. The molecule has 2 aromatic heterocycles. The predicted octanol–water partition coefficient (Wildman–Crippen LogP) is 2.20. The third kappa shape index (κ3) is 3.62. The molecule has 0 unspecified atom stereocenters. The smallest absolute Gasteiger partial charge is 0.353 e. The molecule has 24 heavy (non-hydrogen) atoms.